The highest BCUT2D eigenvalue weighted by atomic mass is 35.5. The van der Waals surface area contributed by atoms with Crippen LogP contribution in [0.2, 0.25) is 5.02 Å². The Balaban J connectivity index is 1.94. The Kier molecular flexibility index (Phi) is 5.32. The molecule has 1 amide bonds. The minimum absolute atomic E-state index is 0.0302. The average molecular weight is 382 g/mol. The molecule has 0 heterocycles. The Hall–Kier alpha value is -2.34. The molecule has 0 aliphatic heterocycles. The van der Waals surface area contributed by atoms with E-state index >= 15 is 0 Å². The number of hydrogen-bond acceptors (Lipinski definition) is 3. The van der Waals surface area contributed by atoms with Gasteiger partial charge in [0.05, 0.1) is 31.4 Å². The second kappa shape index (κ2) is 7.50. The van der Waals surface area contributed by atoms with Gasteiger partial charge in [-0.05, 0) is 43.2 Å². The lowest BCUT2D eigenvalue weighted by Gasteiger charge is -2.24. The first kappa shape index (κ1) is 18.5. The Bertz CT molecular complexity index is 840. The zero-order chi connectivity index (χ0) is 18.8. The molecule has 0 bridgehead atoms. The fourth-order valence-corrected chi connectivity index (χ4v) is 3.01. The summed E-state index contributed by atoms with van der Waals surface area (Å²) in [5.41, 5.74) is 0.699. The molecule has 0 saturated heterocycles. The third-order valence-electron chi connectivity index (χ3n) is 4.32. The van der Waals surface area contributed by atoms with Crippen LogP contribution in [-0.2, 0) is 6.54 Å². The molecule has 2 aromatic carbocycles. The summed E-state index contributed by atoms with van der Waals surface area (Å²) < 4.78 is 37.5. The third kappa shape index (κ3) is 3.75. The van der Waals surface area contributed by atoms with E-state index in [2.05, 4.69) is 0 Å². The van der Waals surface area contributed by atoms with Gasteiger partial charge in [-0.1, -0.05) is 11.6 Å². The summed E-state index contributed by atoms with van der Waals surface area (Å²) in [6, 6.07) is 7.00. The highest BCUT2D eigenvalue weighted by molar-refractivity contribution is 6.33. The molecule has 0 spiro atoms. The average Bonchev–Trinajstić information content (AvgIpc) is 3.47. The molecule has 1 saturated carbocycles. The van der Waals surface area contributed by atoms with Crippen LogP contribution in [0.5, 0.6) is 11.5 Å². The first-order chi connectivity index (χ1) is 12.4. The van der Waals surface area contributed by atoms with Crippen molar-refractivity contribution in [3.05, 3.63) is 58.1 Å². The Morgan fingerprint density at radius 3 is 2.46 bits per heavy atom. The summed E-state index contributed by atoms with van der Waals surface area (Å²) in [7, 11) is 3.09. The third-order valence-corrected chi connectivity index (χ3v) is 4.63. The van der Waals surface area contributed by atoms with Gasteiger partial charge in [-0.3, -0.25) is 4.79 Å². The molecule has 3 rings (SSSR count). The summed E-state index contributed by atoms with van der Waals surface area (Å²) in [4.78, 5) is 14.6. The highest BCUT2D eigenvalue weighted by Crippen LogP contribution is 2.34. The molecule has 1 aliphatic carbocycles. The van der Waals surface area contributed by atoms with Crippen LogP contribution in [0.1, 0.15) is 28.8 Å². The van der Waals surface area contributed by atoms with Crippen molar-refractivity contribution in [3.8, 4) is 11.5 Å². The molecule has 0 aromatic heterocycles. The lowest BCUT2D eigenvalue weighted by atomic mass is 10.1. The summed E-state index contributed by atoms with van der Waals surface area (Å²) >= 11 is 5.98. The van der Waals surface area contributed by atoms with E-state index in [4.69, 9.17) is 21.1 Å². The van der Waals surface area contributed by atoms with Gasteiger partial charge >= 0.3 is 0 Å². The van der Waals surface area contributed by atoms with Crippen LogP contribution in [0.15, 0.2) is 30.3 Å². The molecule has 1 aliphatic rings. The smallest absolute Gasteiger partial charge is 0.256 e. The molecule has 4 nitrogen and oxygen atoms in total. The van der Waals surface area contributed by atoms with E-state index in [1.54, 1.807) is 37.3 Å². The predicted octanol–water partition coefficient (Wildman–Crippen LogP) is 4.44. The van der Waals surface area contributed by atoms with E-state index in [-0.39, 0.29) is 23.2 Å². The number of halogens is 3. The minimum Gasteiger partial charge on any atom is -0.497 e. The van der Waals surface area contributed by atoms with Crippen LogP contribution >= 0.6 is 11.6 Å². The van der Waals surface area contributed by atoms with Gasteiger partial charge in [0, 0.05) is 11.6 Å². The van der Waals surface area contributed by atoms with Crippen LogP contribution < -0.4 is 9.47 Å². The van der Waals surface area contributed by atoms with Crippen LogP contribution in [-0.4, -0.2) is 31.1 Å². The van der Waals surface area contributed by atoms with Crippen LogP contribution in [0.4, 0.5) is 8.78 Å². The molecule has 26 heavy (non-hydrogen) atoms. The van der Waals surface area contributed by atoms with Crippen LogP contribution in [0, 0.1) is 11.6 Å². The largest absolute Gasteiger partial charge is 0.497 e. The fraction of sp³-hybridized carbons (Fsp3) is 0.316. The number of nitrogens with zero attached hydrogens (tertiary/aromatic N) is 1. The van der Waals surface area contributed by atoms with Gasteiger partial charge < -0.3 is 14.4 Å². The molecule has 0 atom stereocenters. The van der Waals surface area contributed by atoms with E-state index in [9.17, 15) is 13.6 Å². The molecular formula is C19H18ClF2NO3. The second-order valence-electron chi connectivity index (χ2n) is 6.09. The number of methoxy groups -OCH3 is 2. The van der Waals surface area contributed by atoms with Crippen molar-refractivity contribution in [1.82, 2.24) is 4.90 Å². The maximum Gasteiger partial charge on any atom is 0.256 e. The normalized spacial score (nSPS) is 13.4. The first-order valence-electron chi connectivity index (χ1n) is 8.11. The lowest BCUT2D eigenvalue weighted by molar-refractivity contribution is 0.0728. The van der Waals surface area contributed by atoms with Crippen molar-refractivity contribution in [2.45, 2.75) is 25.4 Å². The van der Waals surface area contributed by atoms with E-state index in [0.29, 0.717) is 11.5 Å². The number of benzene rings is 2. The lowest BCUT2D eigenvalue weighted by Crippen LogP contribution is -2.33. The van der Waals surface area contributed by atoms with E-state index in [1.165, 1.54) is 0 Å². The Morgan fingerprint density at radius 1 is 1.15 bits per heavy atom. The van der Waals surface area contributed by atoms with Crippen LogP contribution in [0.25, 0.3) is 0 Å². The number of carbonyl (C=O) groups excluding carboxylic acids is 1. The zero-order valence-corrected chi connectivity index (χ0v) is 15.1. The SMILES string of the molecule is COc1ccc(OC)c(CN(C(=O)c2cc(F)c(F)cc2Cl)C2CC2)c1. The first-order valence-corrected chi connectivity index (χ1v) is 8.48. The quantitative estimate of drug-likeness (QED) is 0.694. The second-order valence-corrected chi connectivity index (χ2v) is 6.50. The number of hydrogen-bond donors (Lipinski definition) is 0. The number of ether oxygens (including phenoxy) is 2. The van der Waals surface area contributed by atoms with Gasteiger partial charge in [0.15, 0.2) is 11.6 Å². The monoisotopic (exact) mass is 381 g/mol. The molecule has 7 heteroatoms. The molecule has 0 radical (unpaired) electrons. The predicted molar refractivity (Wildman–Crippen MR) is 93.8 cm³/mol. The number of carbonyl (C=O) groups is 1. The van der Waals surface area contributed by atoms with Crippen LogP contribution in [0.3, 0.4) is 0 Å². The molecule has 1 fully saturated rings. The minimum atomic E-state index is -1.10. The maximum atomic E-state index is 13.6. The summed E-state index contributed by atoms with van der Waals surface area (Å²) in [5, 5.41) is -0.114. The Morgan fingerprint density at radius 2 is 1.85 bits per heavy atom. The summed E-state index contributed by atoms with van der Waals surface area (Å²) in [5.74, 6) is -1.39. The standard InChI is InChI=1S/C19H18ClF2NO3/c1-25-13-5-6-18(26-2)11(7-13)10-23(12-3-4-12)19(24)14-8-16(21)17(22)9-15(14)20/h5-9,12H,3-4,10H2,1-2H3. The van der Waals surface area contributed by atoms with E-state index < -0.39 is 17.5 Å². The summed E-state index contributed by atoms with van der Waals surface area (Å²) in [6.45, 7) is 0.249. The van der Waals surface area contributed by atoms with Crippen molar-refractivity contribution < 1.29 is 23.0 Å². The van der Waals surface area contributed by atoms with Gasteiger partial charge in [0.25, 0.3) is 5.91 Å². The number of amides is 1. The molecule has 0 N–H and O–H groups in total. The van der Waals surface area contributed by atoms with Gasteiger partial charge in [0.2, 0.25) is 0 Å². The number of rotatable bonds is 6. The van der Waals surface area contributed by atoms with Gasteiger partial charge in [-0.2, -0.15) is 0 Å². The van der Waals surface area contributed by atoms with Crippen molar-refractivity contribution in [3.63, 3.8) is 0 Å². The molecule has 0 unspecified atom stereocenters. The topological polar surface area (TPSA) is 38.8 Å². The zero-order valence-electron chi connectivity index (χ0n) is 14.4. The van der Waals surface area contributed by atoms with Crippen molar-refractivity contribution in [1.29, 1.82) is 0 Å². The van der Waals surface area contributed by atoms with E-state index in [1.807, 2.05) is 0 Å². The van der Waals surface area contributed by atoms with Gasteiger partial charge in [-0.25, -0.2) is 8.78 Å². The van der Waals surface area contributed by atoms with E-state index in [0.717, 1.165) is 30.5 Å². The van der Waals surface area contributed by atoms with Gasteiger partial charge in [0.1, 0.15) is 11.5 Å². The highest BCUT2D eigenvalue weighted by Gasteiger charge is 2.34. The Labute approximate surface area is 155 Å². The van der Waals surface area contributed by atoms with Crippen molar-refractivity contribution in [2.24, 2.45) is 0 Å². The maximum absolute atomic E-state index is 13.6. The molecule has 138 valence electrons. The van der Waals surface area contributed by atoms with Crippen molar-refractivity contribution >= 4 is 17.5 Å². The molecular weight excluding hydrogens is 364 g/mol. The summed E-state index contributed by atoms with van der Waals surface area (Å²) in [6.07, 6.45) is 1.69. The fourth-order valence-electron chi connectivity index (χ4n) is 2.78. The van der Waals surface area contributed by atoms with Crippen molar-refractivity contribution in [2.75, 3.05) is 14.2 Å². The van der Waals surface area contributed by atoms with Gasteiger partial charge in [-0.15, -0.1) is 0 Å². The molecule has 2 aromatic rings.